The molecule has 1 N–H and O–H groups in total. The summed E-state index contributed by atoms with van der Waals surface area (Å²) in [5, 5.41) is 7.39. The van der Waals surface area contributed by atoms with Crippen molar-refractivity contribution < 1.29 is 9.26 Å². The number of para-hydroxylation sites is 1. The average Bonchev–Trinajstić information content (AvgIpc) is 3.19. The summed E-state index contributed by atoms with van der Waals surface area (Å²) >= 11 is 0. The van der Waals surface area contributed by atoms with Gasteiger partial charge in [0.05, 0.1) is 12.2 Å². The van der Waals surface area contributed by atoms with E-state index in [0.717, 1.165) is 62.2 Å². The van der Waals surface area contributed by atoms with Gasteiger partial charge in [0.15, 0.2) is 5.96 Å². The van der Waals surface area contributed by atoms with Gasteiger partial charge >= 0.3 is 0 Å². The molecule has 1 aromatic carbocycles. The molecule has 7 heteroatoms. The summed E-state index contributed by atoms with van der Waals surface area (Å²) in [6.45, 7) is 10.9. The molecule has 146 valence electrons. The minimum Gasteiger partial charge on any atom is -0.491 e. The van der Waals surface area contributed by atoms with Gasteiger partial charge in [0.1, 0.15) is 18.6 Å². The van der Waals surface area contributed by atoms with Gasteiger partial charge in [-0.1, -0.05) is 23.4 Å². The van der Waals surface area contributed by atoms with Crippen molar-refractivity contribution in [3.8, 4) is 5.75 Å². The van der Waals surface area contributed by atoms with E-state index in [1.54, 1.807) is 6.26 Å². The zero-order chi connectivity index (χ0) is 18.9. The Labute approximate surface area is 161 Å². The number of benzene rings is 1. The highest BCUT2D eigenvalue weighted by atomic mass is 16.5. The number of aliphatic imine (C=N–C) groups is 1. The first-order valence-corrected chi connectivity index (χ1v) is 9.59. The Bertz CT molecular complexity index is 709. The Hall–Kier alpha value is -2.54. The third-order valence-corrected chi connectivity index (χ3v) is 4.59. The van der Waals surface area contributed by atoms with Gasteiger partial charge in [0, 0.05) is 45.3 Å². The minimum atomic E-state index is 0.575. The van der Waals surface area contributed by atoms with E-state index in [4.69, 9.17) is 14.3 Å². The van der Waals surface area contributed by atoms with Crippen LogP contribution in [0.1, 0.15) is 18.2 Å². The van der Waals surface area contributed by atoms with Gasteiger partial charge in [-0.3, -0.25) is 4.90 Å². The molecule has 27 heavy (non-hydrogen) atoms. The fourth-order valence-electron chi connectivity index (χ4n) is 3.12. The van der Waals surface area contributed by atoms with Crippen molar-refractivity contribution in [2.24, 2.45) is 4.99 Å². The second-order valence-corrected chi connectivity index (χ2v) is 6.60. The molecule has 0 saturated carbocycles. The quantitative estimate of drug-likeness (QED) is 0.457. The van der Waals surface area contributed by atoms with Gasteiger partial charge in [-0.15, -0.1) is 0 Å². The number of hydrogen-bond donors (Lipinski definition) is 1. The van der Waals surface area contributed by atoms with Crippen LogP contribution >= 0.6 is 0 Å². The Kier molecular flexibility index (Phi) is 7.10. The Morgan fingerprint density at radius 1 is 1.22 bits per heavy atom. The highest BCUT2D eigenvalue weighted by molar-refractivity contribution is 5.80. The number of rotatable bonds is 7. The van der Waals surface area contributed by atoms with E-state index in [9.17, 15) is 0 Å². The van der Waals surface area contributed by atoms with Gasteiger partial charge in [-0.25, -0.2) is 4.99 Å². The van der Waals surface area contributed by atoms with Gasteiger partial charge in [-0.05, 0) is 25.5 Å². The first-order valence-electron chi connectivity index (χ1n) is 9.59. The topological polar surface area (TPSA) is 66.1 Å². The molecule has 1 saturated heterocycles. The summed E-state index contributed by atoms with van der Waals surface area (Å²) < 4.78 is 10.8. The van der Waals surface area contributed by atoms with E-state index >= 15 is 0 Å². The summed E-state index contributed by atoms with van der Waals surface area (Å²) in [4.78, 5) is 9.45. The summed E-state index contributed by atoms with van der Waals surface area (Å²) in [6, 6.07) is 9.99. The van der Waals surface area contributed by atoms with Crippen LogP contribution in [-0.4, -0.2) is 66.8 Å². The molecule has 3 rings (SSSR count). The first-order chi connectivity index (χ1) is 13.3. The molecule has 2 aromatic rings. The molecule has 0 spiro atoms. The van der Waals surface area contributed by atoms with Crippen LogP contribution in [0.2, 0.25) is 0 Å². The van der Waals surface area contributed by atoms with Crippen LogP contribution in [0.5, 0.6) is 5.75 Å². The van der Waals surface area contributed by atoms with E-state index in [1.807, 2.05) is 24.3 Å². The van der Waals surface area contributed by atoms with Crippen molar-refractivity contribution in [2.75, 3.05) is 45.9 Å². The summed E-state index contributed by atoms with van der Waals surface area (Å²) in [7, 11) is 0. The second kappa shape index (κ2) is 9.97. The molecule has 0 amide bonds. The van der Waals surface area contributed by atoms with E-state index in [-0.39, 0.29) is 0 Å². The molecule has 0 radical (unpaired) electrons. The summed E-state index contributed by atoms with van der Waals surface area (Å²) in [6.07, 6.45) is 1.63. The predicted octanol–water partition coefficient (Wildman–Crippen LogP) is 2.15. The number of aromatic nitrogens is 1. The molecule has 0 unspecified atom stereocenters. The number of piperazine rings is 1. The van der Waals surface area contributed by atoms with E-state index in [1.165, 1.54) is 0 Å². The van der Waals surface area contributed by atoms with Crippen LogP contribution in [0.15, 0.2) is 46.1 Å². The average molecular weight is 371 g/mol. The number of guanidine groups is 1. The third kappa shape index (κ3) is 5.72. The predicted molar refractivity (Wildman–Crippen MR) is 106 cm³/mol. The SMILES string of the molecule is CCNC(=NCCOc1ccccc1C)N1CCN(Cc2ccon2)CC1. The smallest absolute Gasteiger partial charge is 0.194 e. The zero-order valence-corrected chi connectivity index (χ0v) is 16.2. The fraction of sp³-hybridized carbons (Fsp3) is 0.500. The maximum Gasteiger partial charge on any atom is 0.194 e. The monoisotopic (exact) mass is 371 g/mol. The Balaban J connectivity index is 1.46. The molecule has 1 aliphatic heterocycles. The minimum absolute atomic E-state index is 0.575. The first kappa shape index (κ1) is 19.2. The fourth-order valence-corrected chi connectivity index (χ4v) is 3.12. The zero-order valence-electron chi connectivity index (χ0n) is 16.2. The van der Waals surface area contributed by atoms with Crippen molar-refractivity contribution >= 4 is 5.96 Å². The molecule has 0 bridgehead atoms. The maximum absolute atomic E-state index is 5.85. The summed E-state index contributed by atoms with van der Waals surface area (Å²) in [5.74, 6) is 1.89. The Morgan fingerprint density at radius 3 is 2.74 bits per heavy atom. The highest BCUT2D eigenvalue weighted by Gasteiger charge is 2.20. The van der Waals surface area contributed by atoms with Crippen LogP contribution < -0.4 is 10.1 Å². The van der Waals surface area contributed by atoms with Crippen molar-refractivity contribution in [1.82, 2.24) is 20.3 Å². The lowest BCUT2D eigenvalue weighted by atomic mass is 10.2. The molecular formula is C20H29N5O2. The van der Waals surface area contributed by atoms with Crippen LogP contribution in [-0.2, 0) is 6.54 Å². The lowest BCUT2D eigenvalue weighted by Crippen LogP contribution is -2.52. The van der Waals surface area contributed by atoms with Gasteiger partial charge in [-0.2, -0.15) is 0 Å². The second-order valence-electron chi connectivity index (χ2n) is 6.60. The molecule has 1 aromatic heterocycles. The van der Waals surface area contributed by atoms with Gasteiger partial charge < -0.3 is 19.5 Å². The molecule has 0 atom stereocenters. The molecule has 0 aliphatic carbocycles. The van der Waals surface area contributed by atoms with Crippen LogP contribution in [0.3, 0.4) is 0 Å². The third-order valence-electron chi connectivity index (χ3n) is 4.59. The molecule has 7 nitrogen and oxygen atoms in total. The molecule has 1 fully saturated rings. The van der Waals surface area contributed by atoms with Gasteiger partial charge in [0.2, 0.25) is 0 Å². The van der Waals surface area contributed by atoms with E-state index in [2.05, 4.69) is 40.2 Å². The number of nitrogens with one attached hydrogen (secondary N) is 1. The highest BCUT2D eigenvalue weighted by Crippen LogP contribution is 2.15. The van der Waals surface area contributed by atoms with Gasteiger partial charge in [0.25, 0.3) is 0 Å². The standard InChI is InChI=1S/C20H29N5O2/c1-3-21-20(22-9-15-26-19-7-5-4-6-17(19)2)25-12-10-24(11-13-25)16-18-8-14-27-23-18/h4-8,14H,3,9-13,15-16H2,1-2H3,(H,21,22). The lowest BCUT2D eigenvalue weighted by molar-refractivity contribution is 0.169. The molecule has 2 heterocycles. The molecular weight excluding hydrogens is 342 g/mol. The van der Waals surface area contributed by atoms with Crippen molar-refractivity contribution in [3.63, 3.8) is 0 Å². The molecule has 1 aliphatic rings. The largest absolute Gasteiger partial charge is 0.491 e. The van der Waals surface area contributed by atoms with Crippen molar-refractivity contribution in [1.29, 1.82) is 0 Å². The maximum atomic E-state index is 5.85. The number of nitrogens with zero attached hydrogens (tertiary/aromatic N) is 4. The van der Waals surface area contributed by atoms with Crippen molar-refractivity contribution in [3.05, 3.63) is 47.9 Å². The van der Waals surface area contributed by atoms with E-state index in [0.29, 0.717) is 13.2 Å². The lowest BCUT2D eigenvalue weighted by Gasteiger charge is -2.36. The Morgan fingerprint density at radius 2 is 2.04 bits per heavy atom. The van der Waals surface area contributed by atoms with Crippen LogP contribution in [0, 0.1) is 6.92 Å². The number of hydrogen-bond acceptors (Lipinski definition) is 5. The number of aryl methyl sites for hydroxylation is 1. The summed E-state index contributed by atoms with van der Waals surface area (Å²) in [5.41, 5.74) is 2.13. The van der Waals surface area contributed by atoms with Crippen LogP contribution in [0.4, 0.5) is 0 Å². The van der Waals surface area contributed by atoms with Crippen molar-refractivity contribution in [2.45, 2.75) is 20.4 Å². The van der Waals surface area contributed by atoms with Crippen LogP contribution in [0.25, 0.3) is 0 Å². The van der Waals surface area contributed by atoms with E-state index < -0.39 is 0 Å². The normalized spacial score (nSPS) is 15.8. The number of ether oxygens (including phenoxy) is 1.